The van der Waals surface area contributed by atoms with Crippen LogP contribution in [-0.4, -0.2) is 19.6 Å². The highest BCUT2D eigenvalue weighted by Crippen LogP contribution is 1.97. The van der Waals surface area contributed by atoms with Crippen molar-refractivity contribution in [2.24, 2.45) is 0 Å². The molecule has 2 rings (SSSR count). The number of nitrogens with zero attached hydrogens (tertiary/aromatic N) is 3. The van der Waals surface area contributed by atoms with Crippen molar-refractivity contribution in [1.82, 2.24) is 14.3 Å². The summed E-state index contributed by atoms with van der Waals surface area (Å²) in [6.07, 6.45) is 4.83. The quantitative estimate of drug-likeness (QED) is 0.514. The van der Waals surface area contributed by atoms with E-state index in [1.807, 2.05) is 0 Å². The molecule has 2 aromatic heterocycles. The predicted molar refractivity (Wildman–Crippen MR) is 30.4 cm³/mol. The number of hydrogen-bond acceptors (Lipinski definition) is 2. The number of aromatic nitrogens is 3. The summed E-state index contributed by atoms with van der Waals surface area (Å²) in [5.41, 5.74) is 0.748. The molecule has 0 unspecified atom stereocenters. The van der Waals surface area contributed by atoms with Gasteiger partial charge in [0.05, 0.1) is 12.4 Å². The van der Waals surface area contributed by atoms with Crippen LogP contribution in [0.25, 0.3) is 5.65 Å². The van der Waals surface area contributed by atoms with E-state index in [1.54, 1.807) is 18.5 Å². The molecule has 4 heteroatoms. The largest absolute Gasteiger partial charge is 0.413 e. The third-order valence-electron chi connectivity index (χ3n) is 1.23. The average molecular weight is 123 g/mol. The van der Waals surface area contributed by atoms with Gasteiger partial charge in [-0.1, -0.05) is 0 Å². The molecule has 46 valence electrons. The van der Waals surface area contributed by atoms with Crippen molar-refractivity contribution < 1.29 is 5.21 Å². The highest BCUT2D eigenvalue weighted by atomic mass is 16.5. The maximum atomic E-state index is 8.94. The molecular weight excluding hydrogens is 118 g/mol. The van der Waals surface area contributed by atoms with Crippen LogP contribution in [0.5, 0.6) is 0 Å². The SMILES string of the molecule is On1ccc2nccn21. The van der Waals surface area contributed by atoms with Crippen molar-refractivity contribution in [3.05, 3.63) is 24.7 Å². The lowest BCUT2D eigenvalue weighted by Crippen LogP contribution is -1.95. The maximum Gasteiger partial charge on any atom is 0.156 e. The summed E-state index contributed by atoms with van der Waals surface area (Å²) in [6, 6.07) is 1.72. The zero-order valence-corrected chi connectivity index (χ0v) is 4.60. The van der Waals surface area contributed by atoms with Crippen LogP contribution in [0, 0.1) is 0 Å². The van der Waals surface area contributed by atoms with Crippen molar-refractivity contribution in [3.63, 3.8) is 0 Å². The van der Waals surface area contributed by atoms with Crippen molar-refractivity contribution in [3.8, 4) is 0 Å². The topological polar surface area (TPSA) is 42.5 Å². The second kappa shape index (κ2) is 1.28. The zero-order valence-electron chi connectivity index (χ0n) is 4.60. The van der Waals surface area contributed by atoms with Crippen LogP contribution in [0.1, 0.15) is 0 Å². The van der Waals surface area contributed by atoms with Crippen LogP contribution in [0.4, 0.5) is 0 Å². The summed E-state index contributed by atoms with van der Waals surface area (Å²) in [7, 11) is 0. The molecule has 0 amide bonds. The molecule has 2 heterocycles. The molecule has 0 bridgehead atoms. The fourth-order valence-electron chi connectivity index (χ4n) is 0.806. The summed E-state index contributed by atoms with van der Waals surface area (Å²) >= 11 is 0. The molecule has 0 spiro atoms. The number of rotatable bonds is 0. The van der Waals surface area contributed by atoms with E-state index < -0.39 is 0 Å². The van der Waals surface area contributed by atoms with Crippen molar-refractivity contribution >= 4 is 5.65 Å². The Labute approximate surface area is 50.9 Å². The second-order valence-electron chi connectivity index (χ2n) is 1.77. The van der Waals surface area contributed by atoms with Crippen molar-refractivity contribution in [1.29, 1.82) is 0 Å². The first-order valence-electron chi connectivity index (χ1n) is 2.58. The van der Waals surface area contributed by atoms with E-state index in [4.69, 9.17) is 5.21 Å². The molecule has 1 N–H and O–H groups in total. The van der Waals surface area contributed by atoms with Crippen LogP contribution >= 0.6 is 0 Å². The fraction of sp³-hybridized carbons (Fsp3) is 0. The number of hydrogen-bond donors (Lipinski definition) is 1. The molecule has 2 aromatic rings. The summed E-state index contributed by atoms with van der Waals surface area (Å²) < 4.78 is 1.53. The molecule has 0 atom stereocenters. The van der Waals surface area contributed by atoms with Gasteiger partial charge in [-0.3, -0.25) is 0 Å². The van der Waals surface area contributed by atoms with Gasteiger partial charge in [0.2, 0.25) is 0 Å². The normalized spacial score (nSPS) is 10.7. The standard InChI is InChI=1S/C5H5N3O/c9-8-3-1-5-6-2-4-7(5)8/h1-4,9H. The van der Waals surface area contributed by atoms with E-state index in [2.05, 4.69) is 4.98 Å². The fourth-order valence-corrected chi connectivity index (χ4v) is 0.806. The van der Waals surface area contributed by atoms with Crippen molar-refractivity contribution in [2.45, 2.75) is 0 Å². The Bertz CT molecular complexity index is 321. The highest BCUT2D eigenvalue weighted by molar-refractivity contribution is 5.35. The smallest absolute Gasteiger partial charge is 0.156 e. The minimum absolute atomic E-state index is 0.748. The molecule has 9 heavy (non-hydrogen) atoms. The van der Waals surface area contributed by atoms with E-state index in [1.165, 1.54) is 10.7 Å². The Morgan fingerprint density at radius 1 is 1.44 bits per heavy atom. The Hall–Kier alpha value is -1.45. The van der Waals surface area contributed by atoms with Gasteiger partial charge in [0.15, 0.2) is 5.65 Å². The zero-order chi connectivity index (χ0) is 6.27. The first kappa shape index (κ1) is 4.43. The summed E-state index contributed by atoms with van der Waals surface area (Å²) in [6.45, 7) is 0. The second-order valence-corrected chi connectivity index (χ2v) is 1.77. The van der Waals surface area contributed by atoms with E-state index in [-0.39, 0.29) is 0 Å². The van der Waals surface area contributed by atoms with Crippen LogP contribution in [0.15, 0.2) is 24.7 Å². The minimum Gasteiger partial charge on any atom is -0.413 e. The van der Waals surface area contributed by atoms with E-state index >= 15 is 0 Å². The van der Waals surface area contributed by atoms with Gasteiger partial charge in [-0.25, -0.2) is 9.50 Å². The van der Waals surface area contributed by atoms with Gasteiger partial charge in [-0.2, -0.15) is 0 Å². The van der Waals surface area contributed by atoms with Crippen LogP contribution in [-0.2, 0) is 0 Å². The number of fused-ring (bicyclic) bond motifs is 1. The van der Waals surface area contributed by atoms with E-state index in [0.29, 0.717) is 0 Å². The first-order valence-corrected chi connectivity index (χ1v) is 2.58. The molecule has 4 nitrogen and oxygen atoms in total. The van der Waals surface area contributed by atoms with Gasteiger partial charge in [0.25, 0.3) is 0 Å². The van der Waals surface area contributed by atoms with E-state index in [9.17, 15) is 0 Å². The first-order chi connectivity index (χ1) is 4.38. The minimum atomic E-state index is 0.748. The monoisotopic (exact) mass is 123 g/mol. The Morgan fingerprint density at radius 3 is 3.11 bits per heavy atom. The third-order valence-corrected chi connectivity index (χ3v) is 1.23. The molecule has 0 aromatic carbocycles. The van der Waals surface area contributed by atoms with Crippen molar-refractivity contribution in [2.75, 3.05) is 0 Å². The molecule has 0 saturated carbocycles. The van der Waals surface area contributed by atoms with Gasteiger partial charge < -0.3 is 5.21 Å². The molecule has 0 aliphatic heterocycles. The summed E-state index contributed by atoms with van der Waals surface area (Å²) in [5, 5.41) is 8.94. The maximum absolute atomic E-state index is 8.94. The average Bonchev–Trinajstić information content (AvgIpc) is 2.35. The molecule has 0 saturated heterocycles. The third kappa shape index (κ3) is 0.440. The van der Waals surface area contributed by atoms with Crippen LogP contribution < -0.4 is 0 Å². The molecular formula is C5H5N3O. The van der Waals surface area contributed by atoms with Crippen LogP contribution in [0.3, 0.4) is 0 Å². The number of imidazole rings is 1. The lowest BCUT2D eigenvalue weighted by molar-refractivity contribution is 0.137. The lowest BCUT2D eigenvalue weighted by atomic mass is 10.7. The molecule has 0 fully saturated rings. The molecule has 0 aliphatic rings. The van der Waals surface area contributed by atoms with Gasteiger partial charge in [-0.05, 0) is 0 Å². The Kier molecular flexibility index (Phi) is 0.631. The Balaban J connectivity index is 2.99. The van der Waals surface area contributed by atoms with Gasteiger partial charge in [-0.15, -0.1) is 4.85 Å². The van der Waals surface area contributed by atoms with E-state index in [0.717, 1.165) is 10.5 Å². The van der Waals surface area contributed by atoms with Gasteiger partial charge in [0.1, 0.15) is 0 Å². The molecule has 0 aliphatic carbocycles. The van der Waals surface area contributed by atoms with Gasteiger partial charge >= 0.3 is 0 Å². The van der Waals surface area contributed by atoms with Crippen LogP contribution in [0.2, 0.25) is 0 Å². The lowest BCUT2D eigenvalue weighted by Gasteiger charge is -1.88. The Morgan fingerprint density at radius 2 is 2.33 bits per heavy atom. The molecule has 0 radical (unpaired) electrons. The predicted octanol–water partition coefficient (Wildman–Crippen LogP) is 0.373. The highest BCUT2D eigenvalue weighted by Gasteiger charge is 1.94. The van der Waals surface area contributed by atoms with Gasteiger partial charge in [0, 0.05) is 12.3 Å². The summed E-state index contributed by atoms with van der Waals surface area (Å²) in [4.78, 5) is 4.90. The summed E-state index contributed by atoms with van der Waals surface area (Å²) in [5.74, 6) is 0.